The molecule has 0 bridgehead atoms. The first-order valence-electron chi connectivity index (χ1n) is 6.46. The summed E-state index contributed by atoms with van der Waals surface area (Å²) in [6, 6.07) is 3.71. The van der Waals surface area contributed by atoms with Gasteiger partial charge in [0.15, 0.2) is 0 Å². The third kappa shape index (κ3) is 3.91. The Labute approximate surface area is 117 Å². The molecule has 1 aliphatic rings. The van der Waals surface area contributed by atoms with Crippen molar-refractivity contribution in [3.05, 3.63) is 34.6 Å². The summed E-state index contributed by atoms with van der Waals surface area (Å²) in [5.41, 5.74) is 0.630. The van der Waals surface area contributed by atoms with Crippen LogP contribution in [0.1, 0.15) is 31.4 Å². The fourth-order valence-corrected chi connectivity index (χ4v) is 2.05. The monoisotopic (exact) mass is 285 g/mol. The van der Waals surface area contributed by atoms with Gasteiger partial charge in [-0.15, -0.1) is 0 Å². The van der Waals surface area contributed by atoms with Gasteiger partial charge in [0.2, 0.25) is 0 Å². The van der Waals surface area contributed by atoms with E-state index in [0.717, 1.165) is 6.54 Å². The summed E-state index contributed by atoms with van der Waals surface area (Å²) in [7, 11) is 0. The Morgan fingerprint density at radius 3 is 2.89 bits per heavy atom. The van der Waals surface area contributed by atoms with Gasteiger partial charge in [0.05, 0.1) is 11.6 Å². The van der Waals surface area contributed by atoms with Crippen molar-refractivity contribution in [3.63, 3.8) is 0 Å². The predicted molar refractivity (Wildman–Crippen MR) is 71.5 cm³/mol. The van der Waals surface area contributed by atoms with Crippen LogP contribution in [0.2, 0.25) is 5.02 Å². The molecule has 1 aromatic rings. The molecule has 2 rings (SSSR count). The van der Waals surface area contributed by atoms with Crippen LogP contribution in [0.5, 0.6) is 0 Å². The average molecular weight is 286 g/mol. The SMILES string of the molecule is CCOC(=O)C(NCC1CC1)c1ccc(F)c(Cl)c1. The number of carbonyl (C=O) groups excluding carboxylic acids is 1. The number of nitrogens with one attached hydrogen (secondary N) is 1. The number of rotatable bonds is 6. The average Bonchev–Trinajstić information content (AvgIpc) is 3.18. The van der Waals surface area contributed by atoms with E-state index in [2.05, 4.69) is 5.32 Å². The van der Waals surface area contributed by atoms with Gasteiger partial charge in [0, 0.05) is 0 Å². The van der Waals surface area contributed by atoms with Crippen LogP contribution in [0.15, 0.2) is 18.2 Å². The van der Waals surface area contributed by atoms with Gasteiger partial charge in [0.1, 0.15) is 11.9 Å². The maximum atomic E-state index is 13.2. The Bertz CT molecular complexity index is 463. The lowest BCUT2D eigenvalue weighted by molar-refractivity contribution is -0.145. The maximum absolute atomic E-state index is 13.2. The van der Waals surface area contributed by atoms with Gasteiger partial charge in [0.25, 0.3) is 0 Å². The van der Waals surface area contributed by atoms with Gasteiger partial charge in [-0.2, -0.15) is 0 Å². The fraction of sp³-hybridized carbons (Fsp3) is 0.500. The molecular formula is C14H17ClFNO2. The molecule has 1 atom stereocenters. The van der Waals surface area contributed by atoms with Crippen LogP contribution < -0.4 is 5.32 Å². The highest BCUT2D eigenvalue weighted by Gasteiger charge is 2.27. The van der Waals surface area contributed by atoms with Gasteiger partial charge in [-0.05, 0) is 49.9 Å². The summed E-state index contributed by atoms with van der Waals surface area (Å²) in [4.78, 5) is 12.0. The second kappa shape index (κ2) is 6.35. The second-order valence-corrected chi connectivity index (χ2v) is 5.12. The molecule has 0 saturated heterocycles. The molecule has 1 N–H and O–H groups in total. The molecule has 5 heteroatoms. The summed E-state index contributed by atoms with van der Waals surface area (Å²) in [6.45, 7) is 2.83. The quantitative estimate of drug-likeness (QED) is 0.816. The zero-order valence-electron chi connectivity index (χ0n) is 10.8. The predicted octanol–water partition coefficient (Wildman–Crippen LogP) is 3.08. The summed E-state index contributed by atoms with van der Waals surface area (Å²) >= 11 is 5.76. The van der Waals surface area contributed by atoms with E-state index in [1.54, 1.807) is 13.0 Å². The number of ether oxygens (including phenoxy) is 1. The third-order valence-corrected chi connectivity index (χ3v) is 3.40. The summed E-state index contributed by atoms with van der Waals surface area (Å²) in [6.07, 6.45) is 2.37. The van der Waals surface area contributed by atoms with Crippen LogP contribution in [0.3, 0.4) is 0 Å². The Hall–Kier alpha value is -1.13. The zero-order valence-corrected chi connectivity index (χ0v) is 11.5. The molecule has 0 amide bonds. The molecule has 104 valence electrons. The molecule has 19 heavy (non-hydrogen) atoms. The Kier molecular flexibility index (Phi) is 4.77. The number of hydrogen-bond donors (Lipinski definition) is 1. The third-order valence-electron chi connectivity index (χ3n) is 3.11. The molecule has 0 aromatic heterocycles. The van der Waals surface area contributed by atoms with Crippen LogP contribution in [-0.2, 0) is 9.53 Å². The van der Waals surface area contributed by atoms with E-state index >= 15 is 0 Å². The van der Waals surface area contributed by atoms with E-state index in [1.807, 2.05) is 0 Å². The minimum absolute atomic E-state index is 0.0139. The first kappa shape index (κ1) is 14.3. The molecule has 0 spiro atoms. The van der Waals surface area contributed by atoms with Crippen molar-refractivity contribution in [1.29, 1.82) is 0 Å². The lowest BCUT2D eigenvalue weighted by Gasteiger charge is -2.18. The largest absolute Gasteiger partial charge is 0.465 e. The van der Waals surface area contributed by atoms with Crippen LogP contribution in [0.4, 0.5) is 4.39 Å². The Balaban J connectivity index is 2.13. The van der Waals surface area contributed by atoms with E-state index in [4.69, 9.17) is 16.3 Å². The molecule has 1 fully saturated rings. The van der Waals surface area contributed by atoms with Crippen LogP contribution >= 0.6 is 11.6 Å². The molecule has 3 nitrogen and oxygen atoms in total. The zero-order chi connectivity index (χ0) is 13.8. The maximum Gasteiger partial charge on any atom is 0.327 e. The van der Waals surface area contributed by atoms with Gasteiger partial charge in [-0.3, -0.25) is 0 Å². The number of benzene rings is 1. The molecule has 0 aliphatic heterocycles. The highest BCUT2D eigenvalue weighted by atomic mass is 35.5. The lowest BCUT2D eigenvalue weighted by Crippen LogP contribution is -2.31. The standard InChI is InChI=1S/C14H17ClFNO2/c1-2-19-14(18)13(17-8-9-3-4-9)10-5-6-12(16)11(15)7-10/h5-7,9,13,17H,2-4,8H2,1H3. The van der Waals surface area contributed by atoms with Crippen molar-refractivity contribution in [1.82, 2.24) is 5.32 Å². The minimum Gasteiger partial charge on any atom is -0.465 e. The van der Waals surface area contributed by atoms with Crippen molar-refractivity contribution in [2.45, 2.75) is 25.8 Å². The molecule has 1 aliphatic carbocycles. The van der Waals surface area contributed by atoms with E-state index < -0.39 is 11.9 Å². The van der Waals surface area contributed by atoms with Crippen molar-refractivity contribution in [2.75, 3.05) is 13.2 Å². The van der Waals surface area contributed by atoms with Gasteiger partial charge in [-0.25, -0.2) is 9.18 Å². The minimum atomic E-state index is -0.585. The number of halogens is 2. The molecule has 0 radical (unpaired) electrons. The topological polar surface area (TPSA) is 38.3 Å². The van der Waals surface area contributed by atoms with Crippen LogP contribution in [0, 0.1) is 11.7 Å². The molecular weight excluding hydrogens is 269 g/mol. The molecule has 1 saturated carbocycles. The first-order chi connectivity index (χ1) is 9.11. The lowest BCUT2D eigenvalue weighted by atomic mass is 10.1. The number of carbonyl (C=O) groups is 1. The van der Waals surface area contributed by atoms with Crippen LogP contribution in [0.25, 0.3) is 0 Å². The smallest absolute Gasteiger partial charge is 0.327 e. The van der Waals surface area contributed by atoms with Crippen molar-refractivity contribution in [2.24, 2.45) is 5.92 Å². The molecule has 1 aromatic carbocycles. The van der Waals surface area contributed by atoms with Gasteiger partial charge < -0.3 is 10.1 Å². The normalized spacial score (nSPS) is 16.2. The van der Waals surface area contributed by atoms with Crippen molar-refractivity contribution < 1.29 is 13.9 Å². The second-order valence-electron chi connectivity index (χ2n) is 4.71. The highest BCUT2D eigenvalue weighted by molar-refractivity contribution is 6.30. The number of hydrogen-bond acceptors (Lipinski definition) is 3. The van der Waals surface area contributed by atoms with E-state index in [1.165, 1.54) is 25.0 Å². The van der Waals surface area contributed by atoms with Crippen LogP contribution in [-0.4, -0.2) is 19.1 Å². The first-order valence-corrected chi connectivity index (χ1v) is 6.84. The summed E-state index contributed by atoms with van der Waals surface area (Å²) < 4.78 is 18.2. The van der Waals surface area contributed by atoms with E-state index in [-0.39, 0.29) is 11.0 Å². The van der Waals surface area contributed by atoms with Gasteiger partial charge >= 0.3 is 5.97 Å². The van der Waals surface area contributed by atoms with Gasteiger partial charge in [-0.1, -0.05) is 17.7 Å². The Morgan fingerprint density at radius 1 is 1.58 bits per heavy atom. The fourth-order valence-electron chi connectivity index (χ4n) is 1.86. The molecule has 0 heterocycles. The molecule has 1 unspecified atom stereocenters. The van der Waals surface area contributed by atoms with Crippen molar-refractivity contribution in [3.8, 4) is 0 Å². The Morgan fingerprint density at radius 2 is 2.32 bits per heavy atom. The van der Waals surface area contributed by atoms with Crippen molar-refractivity contribution >= 4 is 17.6 Å². The number of esters is 1. The summed E-state index contributed by atoms with van der Waals surface area (Å²) in [5, 5.41) is 3.19. The van der Waals surface area contributed by atoms with E-state index in [9.17, 15) is 9.18 Å². The summed E-state index contributed by atoms with van der Waals surface area (Å²) in [5.74, 6) is -0.214. The van der Waals surface area contributed by atoms with E-state index in [0.29, 0.717) is 18.1 Å². The highest BCUT2D eigenvalue weighted by Crippen LogP contribution is 2.29.